The Morgan fingerprint density at radius 2 is 1.91 bits per heavy atom. The standard InChI is InChI=1S/C23H23F3N4O3/c1-14-19(12-28-30(14)21-9-4-16(11-27-21)23(24,25)26)22(31)29(17-5-6-17)13-15-10-18(32-2)7-8-20(15)33-3/h4,7-12,17H,5-6,13H2,1-3H3. The molecule has 0 saturated heterocycles. The van der Waals surface area contributed by atoms with Crippen molar-refractivity contribution in [2.24, 2.45) is 0 Å². The highest BCUT2D eigenvalue weighted by Crippen LogP contribution is 2.34. The first kappa shape index (κ1) is 22.6. The summed E-state index contributed by atoms with van der Waals surface area (Å²) in [5, 5.41) is 4.21. The van der Waals surface area contributed by atoms with Gasteiger partial charge in [0.15, 0.2) is 5.82 Å². The van der Waals surface area contributed by atoms with Crippen molar-refractivity contribution >= 4 is 5.91 Å². The Morgan fingerprint density at radius 3 is 2.48 bits per heavy atom. The maximum absolute atomic E-state index is 13.5. The number of ether oxygens (including phenoxy) is 2. The van der Waals surface area contributed by atoms with E-state index in [-0.39, 0.29) is 17.8 Å². The molecule has 0 spiro atoms. The lowest BCUT2D eigenvalue weighted by Gasteiger charge is -2.24. The smallest absolute Gasteiger partial charge is 0.417 e. The van der Waals surface area contributed by atoms with Gasteiger partial charge in [-0.05, 0) is 50.1 Å². The Hall–Kier alpha value is -3.56. The molecule has 3 aromatic rings. The Bertz CT molecular complexity index is 1150. The Balaban J connectivity index is 1.61. The molecule has 1 fully saturated rings. The summed E-state index contributed by atoms with van der Waals surface area (Å²) < 4.78 is 50.6. The van der Waals surface area contributed by atoms with Crippen LogP contribution in [0.15, 0.2) is 42.7 Å². The van der Waals surface area contributed by atoms with Gasteiger partial charge in [0.1, 0.15) is 11.5 Å². The number of aromatic nitrogens is 3. The minimum atomic E-state index is -4.47. The maximum Gasteiger partial charge on any atom is 0.417 e. The Kier molecular flexibility index (Phi) is 6.01. The zero-order valence-corrected chi connectivity index (χ0v) is 18.4. The second kappa shape index (κ2) is 8.76. The zero-order valence-electron chi connectivity index (χ0n) is 18.4. The molecule has 0 N–H and O–H groups in total. The minimum Gasteiger partial charge on any atom is -0.497 e. The first-order valence-corrected chi connectivity index (χ1v) is 10.3. The van der Waals surface area contributed by atoms with Gasteiger partial charge in [0.05, 0.1) is 43.8 Å². The van der Waals surface area contributed by atoms with Crippen LogP contribution in [0.1, 0.15) is 40.0 Å². The van der Waals surface area contributed by atoms with Crippen molar-refractivity contribution in [3.63, 3.8) is 0 Å². The van der Waals surface area contributed by atoms with Crippen LogP contribution in [0, 0.1) is 6.92 Å². The van der Waals surface area contributed by atoms with Crippen LogP contribution in [0.5, 0.6) is 11.5 Å². The topological polar surface area (TPSA) is 69.5 Å². The van der Waals surface area contributed by atoms with E-state index in [1.807, 2.05) is 6.07 Å². The van der Waals surface area contributed by atoms with Gasteiger partial charge in [-0.25, -0.2) is 9.67 Å². The largest absolute Gasteiger partial charge is 0.497 e. The van der Waals surface area contributed by atoms with Gasteiger partial charge in [0.2, 0.25) is 0 Å². The van der Waals surface area contributed by atoms with Crippen molar-refractivity contribution in [1.82, 2.24) is 19.7 Å². The molecule has 1 saturated carbocycles. The summed E-state index contributed by atoms with van der Waals surface area (Å²) >= 11 is 0. The first-order chi connectivity index (χ1) is 15.7. The number of alkyl halides is 3. The summed E-state index contributed by atoms with van der Waals surface area (Å²) in [4.78, 5) is 19.1. The van der Waals surface area contributed by atoms with Crippen LogP contribution in [0.4, 0.5) is 13.2 Å². The molecule has 0 bridgehead atoms. The lowest BCUT2D eigenvalue weighted by atomic mass is 10.1. The molecule has 0 radical (unpaired) electrons. The van der Waals surface area contributed by atoms with Crippen LogP contribution in [0.3, 0.4) is 0 Å². The number of hydrogen-bond acceptors (Lipinski definition) is 5. The zero-order chi connectivity index (χ0) is 23.8. The maximum atomic E-state index is 13.5. The average molecular weight is 460 g/mol. The second-order valence-electron chi connectivity index (χ2n) is 7.80. The van der Waals surface area contributed by atoms with Crippen LogP contribution < -0.4 is 9.47 Å². The Labute approximate surface area is 188 Å². The predicted molar refractivity (Wildman–Crippen MR) is 114 cm³/mol. The number of pyridine rings is 1. The van der Waals surface area contributed by atoms with Gasteiger partial charge >= 0.3 is 6.18 Å². The third-order valence-corrected chi connectivity index (χ3v) is 5.61. The van der Waals surface area contributed by atoms with E-state index in [0.717, 1.165) is 30.7 Å². The van der Waals surface area contributed by atoms with Crippen LogP contribution in [0.2, 0.25) is 0 Å². The van der Waals surface area contributed by atoms with E-state index in [2.05, 4.69) is 10.1 Å². The summed E-state index contributed by atoms with van der Waals surface area (Å²) in [6.45, 7) is 2.02. The SMILES string of the molecule is COc1ccc(OC)c(CN(C(=O)c2cnn(-c3ccc(C(F)(F)F)cn3)c2C)C2CC2)c1. The van der Waals surface area contributed by atoms with Gasteiger partial charge < -0.3 is 14.4 Å². The monoisotopic (exact) mass is 460 g/mol. The summed E-state index contributed by atoms with van der Waals surface area (Å²) in [7, 11) is 3.14. The van der Waals surface area contributed by atoms with Crippen molar-refractivity contribution < 1.29 is 27.4 Å². The molecule has 1 aliphatic carbocycles. The molecule has 10 heteroatoms. The van der Waals surface area contributed by atoms with Crippen molar-refractivity contribution in [3.05, 3.63) is 65.1 Å². The van der Waals surface area contributed by atoms with Gasteiger partial charge in [-0.3, -0.25) is 4.79 Å². The molecule has 1 aromatic carbocycles. The van der Waals surface area contributed by atoms with Crippen LogP contribution in [-0.2, 0) is 12.7 Å². The van der Waals surface area contributed by atoms with Crippen LogP contribution in [-0.4, -0.2) is 45.8 Å². The number of halogens is 3. The number of carbonyl (C=O) groups excluding carboxylic acids is 1. The van der Waals surface area contributed by atoms with Gasteiger partial charge in [0.25, 0.3) is 5.91 Å². The molecule has 2 heterocycles. The highest BCUT2D eigenvalue weighted by atomic mass is 19.4. The molecule has 0 aliphatic heterocycles. The average Bonchev–Trinajstić information content (AvgIpc) is 3.57. The van der Waals surface area contributed by atoms with Crippen molar-refractivity contribution in [1.29, 1.82) is 0 Å². The molecule has 1 aliphatic rings. The molecule has 0 unspecified atom stereocenters. The number of methoxy groups -OCH3 is 2. The van der Waals surface area contributed by atoms with E-state index in [0.29, 0.717) is 29.3 Å². The molecule has 33 heavy (non-hydrogen) atoms. The van der Waals surface area contributed by atoms with Gasteiger partial charge in [-0.2, -0.15) is 18.3 Å². The number of hydrogen-bond donors (Lipinski definition) is 0. The molecule has 4 rings (SSSR count). The van der Waals surface area contributed by atoms with E-state index >= 15 is 0 Å². The number of rotatable bonds is 7. The third kappa shape index (κ3) is 4.64. The van der Waals surface area contributed by atoms with Crippen molar-refractivity contribution in [2.75, 3.05) is 14.2 Å². The van der Waals surface area contributed by atoms with E-state index in [1.54, 1.807) is 38.2 Å². The summed E-state index contributed by atoms with van der Waals surface area (Å²) in [6.07, 6.45) is -0.506. The number of carbonyl (C=O) groups is 1. The lowest BCUT2D eigenvalue weighted by Crippen LogP contribution is -2.33. The molecule has 7 nitrogen and oxygen atoms in total. The Morgan fingerprint density at radius 1 is 1.15 bits per heavy atom. The van der Waals surface area contributed by atoms with E-state index in [9.17, 15) is 18.0 Å². The minimum absolute atomic E-state index is 0.0975. The number of benzene rings is 1. The molecular weight excluding hydrogens is 437 g/mol. The van der Waals surface area contributed by atoms with Gasteiger partial charge in [0, 0.05) is 17.8 Å². The summed E-state index contributed by atoms with van der Waals surface area (Å²) in [6, 6.07) is 7.69. The second-order valence-corrected chi connectivity index (χ2v) is 7.80. The molecule has 0 atom stereocenters. The fraction of sp³-hybridized carbons (Fsp3) is 0.348. The molecule has 2 aromatic heterocycles. The first-order valence-electron chi connectivity index (χ1n) is 10.3. The summed E-state index contributed by atoms with van der Waals surface area (Å²) in [5.41, 5.74) is 0.826. The highest BCUT2D eigenvalue weighted by molar-refractivity contribution is 5.95. The lowest BCUT2D eigenvalue weighted by molar-refractivity contribution is -0.137. The van der Waals surface area contributed by atoms with Crippen LogP contribution in [0.25, 0.3) is 5.82 Å². The van der Waals surface area contributed by atoms with E-state index in [4.69, 9.17) is 9.47 Å². The van der Waals surface area contributed by atoms with Crippen molar-refractivity contribution in [2.45, 2.75) is 38.5 Å². The van der Waals surface area contributed by atoms with E-state index < -0.39 is 11.7 Å². The molecule has 174 valence electrons. The molecule has 1 amide bonds. The molecular formula is C23H23F3N4O3. The predicted octanol–water partition coefficient (Wildman–Crippen LogP) is 4.42. The van der Waals surface area contributed by atoms with Crippen LogP contribution >= 0.6 is 0 Å². The summed E-state index contributed by atoms with van der Waals surface area (Å²) in [5.74, 6) is 1.30. The fourth-order valence-corrected chi connectivity index (χ4v) is 3.63. The normalized spacial score (nSPS) is 13.6. The van der Waals surface area contributed by atoms with Gasteiger partial charge in [-0.1, -0.05) is 0 Å². The quantitative estimate of drug-likeness (QED) is 0.522. The van der Waals surface area contributed by atoms with Crippen molar-refractivity contribution in [3.8, 4) is 17.3 Å². The highest BCUT2D eigenvalue weighted by Gasteiger charge is 2.35. The fourth-order valence-electron chi connectivity index (χ4n) is 3.63. The van der Waals surface area contributed by atoms with E-state index in [1.165, 1.54) is 16.9 Å². The van der Waals surface area contributed by atoms with Gasteiger partial charge in [-0.15, -0.1) is 0 Å². The number of amides is 1. The number of nitrogens with zero attached hydrogens (tertiary/aromatic N) is 4. The third-order valence-electron chi connectivity index (χ3n) is 5.61.